The maximum absolute atomic E-state index is 5.88. The summed E-state index contributed by atoms with van der Waals surface area (Å²) < 4.78 is 7.52. The number of benzene rings is 1. The van der Waals surface area contributed by atoms with Crippen molar-refractivity contribution < 1.29 is 4.74 Å². The third-order valence-electron chi connectivity index (χ3n) is 3.79. The lowest BCUT2D eigenvalue weighted by molar-refractivity contribution is -0.106. The van der Waals surface area contributed by atoms with Crippen LogP contribution >= 0.6 is 0 Å². The van der Waals surface area contributed by atoms with Gasteiger partial charge in [0, 0.05) is 36.1 Å². The van der Waals surface area contributed by atoms with Crippen molar-refractivity contribution >= 4 is 10.9 Å². The van der Waals surface area contributed by atoms with Crippen molar-refractivity contribution in [3.05, 3.63) is 36.0 Å². The molecule has 1 aromatic carbocycles. The summed E-state index contributed by atoms with van der Waals surface area (Å²) in [6.45, 7) is 2.30. The van der Waals surface area contributed by atoms with Gasteiger partial charge >= 0.3 is 0 Å². The number of para-hydroxylation sites is 1. The van der Waals surface area contributed by atoms with Crippen molar-refractivity contribution in [1.82, 2.24) is 4.57 Å². The highest BCUT2D eigenvalue weighted by atomic mass is 16.5. The monoisotopic (exact) mass is 230 g/mol. The van der Waals surface area contributed by atoms with E-state index >= 15 is 0 Å². The molecular formula is C14H18N2O. The van der Waals surface area contributed by atoms with Gasteiger partial charge in [-0.3, -0.25) is 0 Å². The van der Waals surface area contributed by atoms with Gasteiger partial charge in [-0.25, -0.2) is 0 Å². The fourth-order valence-corrected chi connectivity index (χ4v) is 2.65. The van der Waals surface area contributed by atoms with Crippen molar-refractivity contribution in [2.45, 2.75) is 6.42 Å². The van der Waals surface area contributed by atoms with Gasteiger partial charge in [0.2, 0.25) is 0 Å². The van der Waals surface area contributed by atoms with Crippen LogP contribution in [0.1, 0.15) is 5.56 Å². The Kier molecular flexibility index (Phi) is 2.45. The number of ether oxygens (including phenoxy) is 1. The van der Waals surface area contributed by atoms with Gasteiger partial charge in [-0.1, -0.05) is 18.2 Å². The molecule has 1 aliphatic heterocycles. The maximum atomic E-state index is 5.88. The van der Waals surface area contributed by atoms with E-state index in [9.17, 15) is 0 Å². The SMILES string of the molecule is Cn1cc(CC2(CN)COC2)c2ccccc21. The molecule has 90 valence electrons. The largest absolute Gasteiger partial charge is 0.380 e. The Hall–Kier alpha value is -1.32. The zero-order valence-electron chi connectivity index (χ0n) is 10.1. The Morgan fingerprint density at radius 1 is 1.35 bits per heavy atom. The van der Waals surface area contributed by atoms with Crippen molar-refractivity contribution in [2.75, 3.05) is 19.8 Å². The van der Waals surface area contributed by atoms with Crippen LogP contribution in [-0.2, 0) is 18.2 Å². The predicted molar refractivity (Wildman–Crippen MR) is 68.9 cm³/mol. The van der Waals surface area contributed by atoms with E-state index in [1.54, 1.807) is 0 Å². The minimum Gasteiger partial charge on any atom is -0.380 e. The number of nitrogens with two attached hydrogens (primary N) is 1. The predicted octanol–water partition coefficient (Wildman–Crippen LogP) is 1.70. The molecule has 1 saturated heterocycles. The minimum absolute atomic E-state index is 0.171. The number of aromatic nitrogens is 1. The average Bonchev–Trinajstić information content (AvgIpc) is 2.62. The fourth-order valence-electron chi connectivity index (χ4n) is 2.65. The second-order valence-corrected chi connectivity index (χ2v) is 5.16. The van der Waals surface area contributed by atoms with E-state index in [1.165, 1.54) is 16.5 Å². The Morgan fingerprint density at radius 2 is 2.12 bits per heavy atom. The summed E-state index contributed by atoms with van der Waals surface area (Å²) in [5, 5.41) is 1.34. The first-order chi connectivity index (χ1) is 8.24. The molecule has 0 radical (unpaired) electrons. The normalized spacial score (nSPS) is 18.2. The van der Waals surface area contributed by atoms with Crippen molar-refractivity contribution in [2.24, 2.45) is 18.2 Å². The zero-order valence-corrected chi connectivity index (χ0v) is 10.1. The molecule has 3 heteroatoms. The first-order valence-electron chi connectivity index (χ1n) is 6.05. The van der Waals surface area contributed by atoms with Gasteiger partial charge in [0.05, 0.1) is 13.2 Å². The molecule has 0 amide bonds. The number of hydrogen-bond donors (Lipinski definition) is 1. The smallest absolute Gasteiger partial charge is 0.0560 e. The van der Waals surface area contributed by atoms with Crippen LogP contribution < -0.4 is 5.73 Å². The molecule has 1 aromatic heterocycles. The Labute approximate surface area is 101 Å². The van der Waals surface area contributed by atoms with Gasteiger partial charge in [0.1, 0.15) is 0 Å². The van der Waals surface area contributed by atoms with Gasteiger partial charge in [0.15, 0.2) is 0 Å². The Balaban J connectivity index is 2.00. The summed E-state index contributed by atoms with van der Waals surface area (Å²) in [5.41, 5.74) is 8.72. The zero-order chi connectivity index (χ0) is 11.9. The summed E-state index contributed by atoms with van der Waals surface area (Å²) in [5.74, 6) is 0. The molecule has 17 heavy (non-hydrogen) atoms. The number of rotatable bonds is 3. The van der Waals surface area contributed by atoms with Crippen LogP contribution in [0, 0.1) is 5.41 Å². The number of hydrogen-bond acceptors (Lipinski definition) is 2. The molecule has 0 aliphatic carbocycles. The van der Waals surface area contributed by atoms with Crippen LogP contribution in [0.2, 0.25) is 0 Å². The first-order valence-corrected chi connectivity index (χ1v) is 6.05. The van der Waals surface area contributed by atoms with Gasteiger partial charge in [-0.05, 0) is 18.1 Å². The molecule has 0 bridgehead atoms. The van der Waals surface area contributed by atoms with E-state index in [2.05, 4.69) is 42.1 Å². The lowest BCUT2D eigenvalue weighted by atomic mass is 9.80. The standard InChI is InChI=1S/C14H18N2O/c1-16-7-11(6-14(8-15)9-17-10-14)12-4-2-3-5-13(12)16/h2-5,7H,6,8-10,15H2,1H3. The molecule has 3 rings (SSSR count). The van der Waals surface area contributed by atoms with Crippen LogP contribution in [0.15, 0.2) is 30.5 Å². The summed E-state index contributed by atoms with van der Waals surface area (Å²) >= 11 is 0. The molecule has 0 saturated carbocycles. The molecule has 0 spiro atoms. The summed E-state index contributed by atoms with van der Waals surface area (Å²) in [6.07, 6.45) is 3.24. The van der Waals surface area contributed by atoms with Crippen molar-refractivity contribution in [3.8, 4) is 0 Å². The van der Waals surface area contributed by atoms with Gasteiger partial charge in [-0.2, -0.15) is 0 Å². The van der Waals surface area contributed by atoms with Crippen LogP contribution in [0.5, 0.6) is 0 Å². The minimum atomic E-state index is 0.171. The highest BCUT2D eigenvalue weighted by Gasteiger charge is 2.37. The van der Waals surface area contributed by atoms with E-state index in [0.29, 0.717) is 6.54 Å². The van der Waals surface area contributed by atoms with Crippen LogP contribution in [0.3, 0.4) is 0 Å². The summed E-state index contributed by atoms with van der Waals surface area (Å²) in [6, 6.07) is 8.52. The van der Waals surface area contributed by atoms with Gasteiger partial charge in [-0.15, -0.1) is 0 Å². The lowest BCUT2D eigenvalue weighted by Gasteiger charge is -2.40. The molecule has 3 nitrogen and oxygen atoms in total. The maximum Gasteiger partial charge on any atom is 0.0560 e. The molecule has 1 fully saturated rings. The quantitative estimate of drug-likeness (QED) is 0.871. The topological polar surface area (TPSA) is 40.2 Å². The van der Waals surface area contributed by atoms with Crippen LogP contribution in [0.4, 0.5) is 0 Å². The number of aryl methyl sites for hydroxylation is 1. The van der Waals surface area contributed by atoms with Crippen LogP contribution in [-0.4, -0.2) is 24.3 Å². The van der Waals surface area contributed by atoms with Gasteiger partial charge in [0.25, 0.3) is 0 Å². The van der Waals surface area contributed by atoms with E-state index in [-0.39, 0.29) is 5.41 Å². The highest BCUT2D eigenvalue weighted by Crippen LogP contribution is 2.33. The van der Waals surface area contributed by atoms with Crippen LogP contribution in [0.25, 0.3) is 10.9 Å². The molecule has 0 unspecified atom stereocenters. The molecule has 2 N–H and O–H groups in total. The van der Waals surface area contributed by atoms with Gasteiger partial charge < -0.3 is 15.0 Å². The lowest BCUT2D eigenvalue weighted by Crippen LogP contribution is -2.49. The first kappa shape index (κ1) is 10.8. The third-order valence-corrected chi connectivity index (χ3v) is 3.79. The van der Waals surface area contributed by atoms with E-state index in [1.807, 2.05) is 0 Å². The third kappa shape index (κ3) is 1.66. The van der Waals surface area contributed by atoms with Crippen molar-refractivity contribution in [1.29, 1.82) is 0 Å². The Bertz CT molecular complexity index is 535. The van der Waals surface area contributed by atoms with E-state index in [4.69, 9.17) is 10.5 Å². The molecule has 1 aliphatic rings. The molecule has 2 aromatic rings. The second-order valence-electron chi connectivity index (χ2n) is 5.16. The molecular weight excluding hydrogens is 212 g/mol. The molecule has 2 heterocycles. The van der Waals surface area contributed by atoms with E-state index in [0.717, 1.165) is 19.6 Å². The number of nitrogens with zero attached hydrogens (tertiary/aromatic N) is 1. The summed E-state index contributed by atoms with van der Waals surface area (Å²) in [7, 11) is 2.10. The Morgan fingerprint density at radius 3 is 2.76 bits per heavy atom. The molecule has 0 atom stereocenters. The van der Waals surface area contributed by atoms with E-state index < -0.39 is 0 Å². The average molecular weight is 230 g/mol. The second kappa shape index (κ2) is 3.86. The highest BCUT2D eigenvalue weighted by molar-refractivity contribution is 5.83. The summed E-state index contributed by atoms with van der Waals surface area (Å²) in [4.78, 5) is 0. The van der Waals surface area contributed by atoms with Crippen molar-refractivity contribution in [3.63, 3.8) is 0 Å². The number of fused-ring (bicyclic) bond motifs is 1. The fraction of sp³-hybridized carbons (Fsp3) is 0.429.